The molecule has 4 nitrogen and oxygen atoms in total. The van der Waals surface area contributed by atoms with E-state index in [4.69, 9.17) is 16.3 Å². The molecule has 0 bridgehead atoms. The van der Waals surface area contributed by atoms with Gasteiger partial charge >= 0.3 is 0 Å². The highest BCUT2D eigenvalue weighted by molar-refractivity contribution is 6.31. The summed E-state index contributed by atoms with van der Waals surface area (Å²) in [6.07, 6.45) is -0.0863. The molecule has 0 saturated carbocycles. The molecule has 0 aliphatic carbocycles. The fourth-order valence-electron chi connectivity index (χ4n) is 3.18. The zero-order chi connectivity index (χ0) is 19.2. The second-order valence-corrected chi connectivity index (χ2v) is 7.23. The van der Waals surface area contributed by atoms with Crippen LogP contribution in [0, 0.1) is 12.7 Å². The molecular formula is C21H24ClFN2O2. The number of nitrogens with one attached hydrogen (secondary N) is 1. The van der Waals surface area contributed by atoms with Crippen LogP contribution in [0.2, 0.25) is 5.02 Å². The number of hydrogen-bond donors (Lipinski definition) is 1. The minimum absolute atomic E-state index is 0.0863. The Morgan fingerprint density at radius 1 is 1.22 bits per heavy atom. The Morgan fingerprint density at radius 2 is 1.93 bits per heavy atom. The maximum atomic E-state index is 14.0. The second kappa shape index (κ2) is 9.31. The van der Waals surface area contributed by atoms with Crippen molar-refractivity contribution in [2.24, 2.45) is 0 Å². The van der Waals surface area contributed by atoms with Gasteiger partial charge in [0.2, 0.25) is 5.91 Å². The first-order chi connectivity index (χ1) is 13.0. The fraction of sp³-hybridized carbons (Fsp3) is 0.381. The molecule has 1 saturated heterocycles. The average molecular weight is 391 g/mol. The summed E-state index contributed by atoms with van der Waals surface area (Å²) in [7, 11) is 0. The van der Waals surface area contributed by atoms with Gasteiger partial charge in [0.05, 0.1) is 25.7 Å². The van der Waals surface area contributed by atoms with Crippen molar-refractivity contribution in [2.75, 3.05) is 32.8 Å². The number of benzene rings is 2. The van der Waals surface area contributed by atoms with Gasteiger partial charge in [-0.15, -0.1) is 0 Å². The SMILES string of the molecule is Cc1ccc([C@H](CN2CCOCC2)NC(=O)Cc2c(F)cccc2Cl)cc1. The van der Waals surface area contributed by atoms with Gasteiger partial charge in [-0.25, -0.2) is 4.39 Å². The Bertz CT molecular complexity index is 756. The maximum absolute atomic E-state index is 14.0. The first-order valence-corrected chi connectivity index (χ1v) is 9.49. The van der Waals surface area contributed by atoms with Gasteiger partial charge in [0.1, 0.15) is 5.82 Å². The standard InChI is InChI=1S/C21H24ClFN2O2/c1-15-5-7-16(8-6-15)20(14-25-9-11-27-12-10-25)24-21(26)13-17-18(22)3-2-4-19(17)23/h2-8,20H,9-14H2,1H3,(H,24,26)/t20-/m0/s1. The summed E-state index contributed by atoms with van der Waals surface area (Å²) in [4.78, 5) is 14.9. The van der Waals surface area contributed by atoms with Crippen LogP contribution in [0.3, 0.4) is 0 Å². The van der Waals surface area contributed by atoms with Crippen LogP contribution < -0.4 is 5.32 Å². The molecule has 2 aromatic rings. The van der Waals surface area contributed by atoms with E-state index in [9.17, 15) is 9.18 Å². The molecule has 1 heterocycles. The third-order valence-electron chi connectivity index (χ3n) is 4.76. The molecule has 3 rings (SSSR count). The van der Waals surface area contributed by atoms with E-state index in [1.807, 2.05) is 31.2 Å². The van der Waals surface area contributed by atoms with E-state index in [0.29, 0.717) is 19.8 Å². The molecule has 0 spiro atoms. The van der Waals surface area contributed by atoms with Crippen molar-refractivity contribution in [3.05, 3.63) is 70.0 Å². The van der Waals surface area contributed by atoms with E-state index < -0.39 is 5.82 Å². The van der Waals surface area contributed by atoms with Crippen molar-refractivity contribution in [3.63, 3.8) is 0 Å². The quantitative estimate of drug-likeness (QED) is 0.820. The second-order valence-electron chi connectivity index (χ2n) is 6.82. The molecule has 0 aromatic heterocycles. The van der Waals surface area contributed by atoms with E-state index in [-0.39, 0.29) is 29.0 Å². The third-order valence-corrected chi connectivity index (χ3v) is 5.11. The summed E-state index contributed by atoms with van der Waals surface area (Å²) in [5.41, 5.74) is 2.42. The van der Waals surface area contributed by atoms with Crippen LogP contribution >= 0.6 is 11.6 Å². The van der Waals surface area contributed by atoms with Crippen LogP contribution in [-0.2, 0) is 16.0 Å². The van der Waals surface area contributed by atoms with Gasteiger partial charge in [0.25, 0.3) is 0 Å². The predicted octanol–water partition coefficient (Wildman–Crippen LogP) is 3.52. The number of aryl methyl sites for hydroxylation is 1. The third kappa shape index (κ3) is 5.51. The molecule has 6 heteroatoms. The lowest BCUT2D eigenvalue weighted by Gasteiger charge is -2.31. The van der Waals surface area contributed by atoms with Crippen LogP contribution in [0.25, 0.3) is 0 Å². The summed E-state index contributed by atoms with van der Waals surface area (Å²) >= 11 is 6.06. The van der Waals surface area contributed by atoms with Gasteiger partial charge in [-0.1, -0.05) is 47.5 Å². The topological polar surface area (TPSA) is 41.6 Å². The van der Waals surface area contributed by atoms with E-state index in [0.717, 1.165) is 24.2 Å². The lowest BCUT2D eigenvalue weighted by Crippen LogP contribution is -2.43. The Kier molecular flexibility index (Phi) is 6.83. The highest BCUT2D eigenvalue weighted by Gasteiger charge is 2.21. The highest BCUT2D eigenvalue weighted by Crippen LogP contribution is 2.21. The summed E-state index contributed by atoms with van der Waals surface area (Å²) in [6.45, 7) is 5.76. The first-order valence-electron chi connectivity index (χ1n) is 9.12. The predicted molar refractivity (Wildman–Crippen MR) is 104 cm³/mol. The molecule has 1 fully saturated rings. The average Bonchev–Trinajstić information content (AvgIpc) is 2.66. The highest BCUT2D eigenvalue weighted by atomic mass is 35.5. The van der Waals surface area contributed by atoms with Crippen molar-refractivity contribution in [1.29, 1.82) is 0 Å². The molecule has 2 aromatic carbocycles. The van der Waals surface area contributed by atoms with E-state index >= 15 is 0 Å². The monoisotopic (exact) mass is 390 g/mol. The van der Waals surface area contributed by atoms with Gasteiger partial charge in [-0.3, -0.25) is 9.69 Å². The number of hydrogen-bond acceptors (Lipinski definition) is 3. The van der Waals surface area contributed by atoms with E-state index in [1.165, 1.54) is 12.1 Å². The molecule has 27 heavy (non-hydrogen) atoms. The molecular weight excluding hydrogens is 367 g/mol. The zero-order valence-electron chi connectivity index (χ0n) is 15.4. The van der Waals surface area contributed by atoms with E-state index in [2.05, 4.69) is 10.2 Å². The lowest BCUT2D eigenvalue weighted by molar-refractivity contribution is -0.121. The first kappa shape index (κ1) is 19.8. The molecule has 0 radical (unpaired) electrons. The van der Waals surface area contributed by atoms with Crippen molar-refractivity contribution < 1.29 is 13.9 Å². The largest absolute Gasteiger partial charge is 0.379 e. The number of amides is 1. The molecule has 0 unspecified atom stereocenters. The molecule has 1 aliphatic rings. The normalized spacial score (nSPS) is 16.1. The zero-order valence-corrected chi connectivity index (χ0v) is 16.1. The molecule has 1 amide bonds. The lowest BCUT2D eigenvalue weighted by atomic mass is 10.0. The van der Waals surface area contributed by atoms with Crippen LogP contribution in [0.1, 0.15) is 22.7 Å². The van der Waals surface area contributed by atoms with Crippen molar-refractivity contribution in [3.8, 4) is 0 Å². The van der Waals surface area contributed by atoms with Crippen LogP contribution in [-0.4, -0.2) is 43.7 Å². The molecule has 1 N–H and O–H groups in total. The summed E-state index contributed by atoms with van der Waals surface area (Å²) in [5.74, 6) is -0.710. The number of halogens is 2. The Balaban J connectivity index is 1.73. The Morgan fingerprint density at radius 3 is 2.59 bits per heavy atom. The fourth-order valence-corrected chi connectivity index (χ4v) is 3.41. The summed E-state index contributed by atoms with van der Waals surface area (Å²) in [5, 5.41) is 3.32. The van der Waals surface area contributed by atoms with Crippen LogP contribution in [0.15, 0.2) is 42.5 Å². The maximum Gasteiger partial charge on any atom is 0.225 e. The van der Waals surface area contributed by atoms with Crippen LogP contribution in [0.4, 0.5) is 4.39 Å². The van der Waals surface area contributed by atoms with E-state index in [1.54, 1.807) is 6.07 Å². The number of nitrogens with zero attached hydrogens (tertiary/aromatic N) is 1. The number of rotatable bonds is 6. The summed E-state index contributed by atoms with van der Waals surface area (Å²) < 4.78 is 19.4. The van der Waals surface area contributed by atoms with Gasteiger partial charge < -0.3 is 10.1 Å². The Hall–Kier alpha value is -1.95. The van der Waals surface area contributed by atoms with Gasteiger partial charge in [-0.2, -0.15) is 0 Å². The smallest absolute Gasteiger partial charge is 0.225 e. The number of morpholine rings is 1. The number of ether oxygens (including phenoxy) is 1. The van der Waals surface area contributed by atoms with Gasteiger partial charge in [0, 0.05) is 30.2 Å². The molecule has 144 valence electrons. The van der Waals surface area contributed by atoms with Gasteiger partial charge in [0.15, 0.2) is 0 Å². The number of carbonyl (C=O) groups excluding carboxylic acids is 1. The molecule has 1 atom stereocenters. The minimum Gasteiger partial charge on any atom is -0.379 e. The van der Waals surface area contributed by atoms with Crippen molar-refractivity contribution in [2.45, 2.75) is 19.4 Å². The minimum atomic E-state index is -0.460. The number of carbonyl (C=O) groups is 1. The molecule has 1 aliphatic heterocycles. The van der Waals surface area contributed by atoms with Crippen LogP contribution in [0.5, 0.6) is 0 Å². The summed E-state index contributed by atoms with van der Waals surface area (Å²) in [6, 6.07) is 12.4. The van der Waals surface area contributed by atoms with Crippen molar-refractivity contribution in [1.82, 2.24) is 10.2 Å². The van der Waals surface area contributed by atoms with Crippen molar-refractivity contribution >= 4 is 17.5 Å². The van der Waals surface area contributed by atoms with Gasteiger partial charge in [-0.05, 0) is 24.6 Å². The Labute approximate surface area is 164 Å².